The van der Waals surface area contributed by atoms with Crippen molar-refractivity contribution in [3.63, 3.8) is 0 Å². The predicted octanol–water partition coefficient (Wildman–Crippen LogP) is 3.52. The highest BCUT2D eigenvalue weighted by Gasteiger charge is 2.13. The molecular formula is C16H24ClN3O. The van der Waals surface area contributed by atoms with Crippen LogP contribution in [0.5, 0.6) is 5.75 Å². The van der Waals surface area contributed by atoms with Crippen molar-refractivity contribution in [2.24, 2.45) is 0 Å². The first kappa shape index (κ1) is 16.1. The lowest BCUT2D eigenvalue weighted by molar-refractivity contribution is 0.343. The molecule has 2 aromatic rings. The minimum atomic E-state index is 0.425. The Morgan fingerprint density at radius 1 is 1.29 bits per heavy atom. The van der Waals surface area contributed by atoms with Gasteiger partial charge in [-0.15, -0.1) is 11.6 Å². The number of hydrogen-bond donors (Lipinski definition) is 0. The summed E-state index contributed by atoms with van der Waals surface area (Å²) in [5, 5.41) is 0. The Hall–Kier alpha value is -1.26. The molecule has 0 N–H and O–H groups in total. The molecule has 0 unspecified atom stereocenters. The maximum atomic E-state index is 6.06. The third-order valence-corrected chi connectivity index (χ3v) is 3.72. The molecule has 0 radical (unpaired) electrons. The van der Waals surface area contributed by atoms with E-state index in [1.54, 1.807) is 0 Å². The Morgan fingerprint density at radius 2 is 2.10 bits per heavy atom. The third-order valence-electron chi connectivity index (χ3n) is 3.48. The highest BCUT2D eigenvalue weighted by Crippen LogP contribution is 2.27. The topological polar surface area (TPSA) is 30.3 Å². The summed E-state index contributed by atoms with van der Waals surface area (Å²) in [7, 11) is 4.20. The van der Waals surface area contributed by atoms with Gasteiger partial charge in [0.2, 0.25) is 0 Å². The van der Waals surface area contributed by atoms with Gasteiger partial charge in [-0.1, -0.05) is 6.07 Å². The second kappa shape index (κ2) is 7.66. The highest BCUT2D eigenvalue weighted by atomic mass is 35.5. The van der Waals surface area contributed by atoms with Crippen LogP contribution in [0.15, 0.2) is 18.2 Å². The second-order valence-electron chi connectivity index (χ2n) is 5.38. The van der Waals surface area contributed by atoms with Gasteiger partial charge in [0, 0.05) is 6.54 Å². The number of aryl methyl sites for hydroxylation is 1. The molecule has 116 valence electrons. The van der Waals surface area contributed by atoms with E-state index in [4.69, 9.17) is 16.3 Å². The Labute approximate surface area is 131 Å². The quantitative estimate of drug-likeness (QED) is 0.552. The molecule has 1 aromatic heterocycles. The van der Waals surface area contributed by atoms with E-state index >= 15 is 0 Å². The largest absolute Gasteiger partial charge is 0.492 e. The van der Waals surface area contributed by atoms with Crippen LogP contribution in [0.4, 0.5) is 0 Å². The number of fused-ring (bicyclic) bond motifs is 1. The molecule has 4 nitrogen and oxygen atoms in total. The molecule has 0 aliphatic heterocycles. The molecule has 0 aliphatic carbocycles. The van der Waals surface area contributed by atoms with E-state index in [-0.39, 0.29) is 0 Å². The molecule has 0 amide bonds. The fourth-order valence-corrected chi connectivity index (χ4v) is 2.69. The summed E-state index contributed by atoms with van der Waals surface area (Å²) in [6, 6.07) is 6.07. The zero-order valence-electron chi connectivity index (χ0n) is 13.1. The normalized spacial score (nSPS) is 11.5. The molecule has 21 heavy (non-hydrogen) atoms. The van der Waals surface area contributed by atoms with Gasteiger partial charge in [-0.2, -0.15) is 0 Å². The summed E-state index contributed by atoms with van der Waals surface area (Å²) < 4.78 is 7.89. The summed E-state index contributed by atoms with van der Waals surface area (Å²) in [6.07, 6.45) is 2.28. The summed E-state index contributed by atoms with van der Waals surface area (Å²) in [5.41, 5.74) is 2.03. The van der Waals surface area contributed by atoms with Crippen molar-refractivity contribution < 1.29 is 4.74 Å². The van der Waals surface area contributed by atoms with Crippen molar-refractivity contribution in [3.8, 4) is 5.75 Å². The number of benzene rings is 1. The molecule has 0 saturated heterocycles. The Morgan fingerprint density at radius 3 is 2.76 bits per heavy atom. The minimum absolute atomic E-state index is 0.425. The average Bonchev–Trinajstić information content (AvgIpc) is 2.83. The fourth-order valence-electron chi connectivity index (χ4n) is 2.49. The lowest BCUT2D eigenvalue weighted by Gasteiger charge is -2.11. The summed E-state index contributed by atoms with van der Waals surface area (Å²) >= 11 is 6.06. The van der Waals surface area contributed by atoms with Crippen LogP contribution in [0.2, 0.25) is 0 Å². The monoisotopic (exact) mass is 309 g/mol. The first-order valence-electron chi connectivity index (χ1n) is 7.49. The van der Waals surface area contributed by atoms with E-state index < -0.39 is 0 Å². The van der Waals surface area contributed by atoms with Gasteiger partial charge in [0.25, 0.3) is 0 Å². The molecular weight excluding hydrogens is 286 g/mol. The molecule has 0 aliphatic rings. The molecule has 1 heterocycles. The molecule has 1 aromatic carbocycles. The van der Waals surface area contributed by atoms with E-state index in [0.717, 1.165) is 42.1 Å². The van der Waals surface area contributed by atoms with Crippen molar-refractivity contribution in [2.45, 2.75) is 32.2 Å². The minimum Gasteiger partial charge on any atom is -0.492 e. The van der Waals surface area contributed by atoms with Crippen molar-refractivity contribution in [2.75, 3.05) is 27.2 Å². The zero-order valence-corrected chi connectivity index (χ0v) is 13.9. The van der Waals surface area contributed by atoms with E-state index in [1.807, 2.05) is 19.1 Å². The van der Waals surface area contributed by atoms with Crippen molar-refractivity contribution in [1.82, 2.24) is 14.5 Å². The summed E-state index contributed by atoms with van der Waals surface area (Å²) in [6.45, 7) is 4.68. The van der Waals surface area contributed by atoms with E-state index in [9.17, 15) is 0 Å². The number of para-hydroxylation sites is 1. The van der Waals surface area contributed by atoms with Crippen LogP contribution in [0, 0.1) is 0 Å². The van der Waals surface area contributed by atoms with E-state index in [0.29, 0.717) is 12.5 Å². The van der Waals surface area contributed by atoms with Crippen molar-refractivity contribution >= 4 is 22.6 Å². The second-order valence-corrected chi connectivity index (χ2v) is 5.65. The maximum Gasteiger partial charge on any atom is 0.147 e. The van der Waals surface area contributed by atoms with Crippen molar-refractivity contribution in [3.05, 3.63) is 24.0 Å². The number of ether oxygens (including phenoxy) is 1. The average molecular weight is 310 g/mol. The number of hydrogen-bond acceptors (Lipinski definition) is 3. The smallest absolute Gasteiger partial charge is 0.147 e. The fraction of sp³-hybridized carbons (Fsp3) is 0.562. The number of nitrogens with zero attached hydrogens (tertiary/aromatic N) is 3. The van der Waals surface area contributed by atoms with Gasteiger partial charge in [0.15, 0.2) is 0 Å². The Balaban J connectivity index is 2.22. The first-order valence-corrected chi connectivity index (χ1v) is 8.02. The predicted molar refractivity (Wildman–Crippen MR) is 88.2 cm³/mol. The van der Waals surface area contributed by atoms with E-state index in [1.165, 1.54) is 6.42 Å². The maximum absolute atomic E-state index is 6.06. The van der Waals surface area contributed by atoms with Crippen LogP contribution in [0.25, 0.3) is 11.0 Å². The molecule has 5 heteroatoms. The van der Waals surface area contributed by atoms with Gasteiger partial charge in [-0.05, 0) is 52.5 Å². The summed E-state index contributed by atoms with van der Waals surface area (Å²) in [4.78, 5) is 6.87. The van der Waals surface area contributed by atoms with Crippen LogP contribution in [0.1, 0.15) is 25.6 Å². The molecule has 0 bridgehead atoms. The van der Waals surface area contributed by atoms with Gasteiger partial charge in [0.05, 0.1) is 18.0 Å². The van der Waals surface area contributed by atoms with Gasteiger partial charge >= 0.3 is 0 Å². The van der Waals surface area contributed by atoms with E-state index in [2.05, 4.69) is 34.6 Å². The molecule has 0 spiro atoms. The van der Waals surface area contributed by atoms with Crippen LogP contribution < -0.4 is 4.74 Å². The number of alkyl halides is 1. The standard InChI is InChI=1S/C16H24ClN3O/c1-4-21-14-9-7-8-13-16(14)18-15(12-17)20(13)11-6-5-10-19(2)3/h7-9H,4-6,10-12H2,1-3H3. The SMILES string of the molecule is CCOc1cccc2c1nc(CCl)n2CCCCN(C)C. The Kier molecular flexibility index (Phi) is 5.88. The number of halogens is 1. The third kappa shape index (κ3) is 3.89. The zero-order chi connectivity index (χ0) is 15.2. The van der Waals surface area contributed by atoms with Gasteiger partial charge in [-0.25, -0.2) is 4.98 Å². The van der Waals surface area contributed by atoms with Crippen LogP contribution in [-0.2, 0) is 12.4 Å². The van der Waals surface area contributed by atoms with Crippen LogP contribution in [-0.4, -0.2) is 41.7 Å². The number of unbranched alkanes of at least 4 members (excludes halogenated alkanes) is 1. The van der Waals surface area contributed by atoms with Gasteiger partial charge < -0.3 is 14.2 Å². The molecule has 2 rings (SSSR count). The lowest BCUT2D eigenvalue weighted by atomic mass is 10.2. The Bertz CT molecular complexity index is 580. The first-order chi connectivity index (χ1) is 10.2. The van der Waals surface area contributed by atoms with Crippen LogP contribution in [0.3, 0.4) is 0 Å². The lowest BCUT2D eigenvalue weighted by Crippen LogP contribution is -2.13. The molecule has 0 atom stereocenters. The number of aromatic nitrogens is 2. The number of imidazole rings is 1. The number of rotatable bonds is 8. The molecule has 0 fully saturated rings. The summed E-state index contributed by atoms with van der Waals surface area (Å²) in [5.74, 6) is 2.19. The highest BCUT2D eigenvalue weighted by molar-refractivity contribution is 6.16. The molecule has 0 saturated carbocycles. The van der Waals surface area contributed by atoms with Crippen LogP contribution >= 0.6 is 11.6 Å². The van der Waals surface area contributed by atoms with Gasteiger partial charge in [0.1, 0.15) is 17.1 Å². The van der Waals surface area contributed by atoms with Gasteiger partial charge in [-0.3, -0.25) is 0 Å². The van der Waals surface area contributed by atoms with Crippen molar-refractivity contribution in [1.29, 1.82) is 0 Å².